The Labute approximate surface area is 167 Å². The van der Waals surface area contributed by atoms with Crippen molar-refractivity contribution in [2.75, 3.05) is 25.1 Å². The highest BCUT2D eigenvalue weighted by molar-refractivity contribution is 6.45. The van der Waals surface area contributed by atoms with Crippen molar-refractivity contribution in [2.24, 2.45) is 0 Å². The number of ether oxygens (including phenoxy) is 1. The summed E-state index contributed by atoms with van der Waals surface area (Å²) >= 11 is 0. The van der Waals surface area contributed by atoms with Gasteiger partial charge in [0.1, 0.15) is 11.4 Å². The lowest BCUT2D eigenvalue weighted by molar-refractivity contribution is -0.384. The van der Waals surface area contributed by atoms with Crippen molar-refractivity contribution in [1.82, 2.24) is 4.90 Å². The number of imide groups is 1. The van der Waals surface area contributed by atoms with E-state index < -0.39 is 16.7 Å². The van der Waals surface area contributed by atoms with E-state index in [9.17, 15) is 19.7 Å². The maximum absolute atomic E-state index is 13.4. The van der Waals surface area contributed by atoms with Gasteiger partial charge in [0.05, 0.1) is 23.3 Å². The Morgan fingerprint density at radius 1 is 0.966 bits per heavy atom. The lowest BCUT2D eigenvalue weighted by atomic mass is 10.0. The zero-order valence-corrected chi connectivity index (χ0v) is 15.8. The van der Waals surface area contributed by atoms with Gasteiger partial charge in [0.2, 0.25) is 0 Å². The molecule has 0 radical (unpaired) electrons. The van der Waals surface area contributed by atoms with Crippen molar-refractivity contribution in [3.8, 4) is 5.75 Å². The molecule has 0 spiro atoms. The van der Waals surface area contributed by atoms with Crippen molar-refractivity contribution in [3.63, 3.8) is 0 Å². The Kier molecular flexibility index (Phi) is 4.75. The molecule has 2 aliphatic heterocycles. The third kappa shape index (κ3) is 3.12. The molecular weight excluding hydrogens is 374 g/mol. The Hall–Kier alpha value is -3.68. The number of non-ortho nitro benzene ring substituents is 1. The molecule has 2 aromatic carbocycles. The molecule has 0 bridgehead atoms. The summed E-state index contributed by atoms with van der Waals surface area (Å²) in [4.78, 5) is 40.3. The van der Waals surface area contributed by atoms with E-state index in [4.69, 9.17) is 4.74 Å². The van der Waals surface area contributed by atoms with Crippen LogP contribution in [0.3, 0.4) is 0 Å². The Morgan fingerprint density at radius 3 is 2.24 bits per heavy atom. The first-order chi connectivity index (χ1) is 14.0. The van der Waals surface area contributed by atoms with Crippen LogP contribution < -0.4 is 9.64 Å². The molecule has 8 heteroatoms. The molecule has 0 N–H and O–H groups in total. The summed E-state index contributed by atoms with van der Waals surface area (Å²) < 4.78 is 5.34. The minimum Gasteiger partial charge on any atom is -0.495 e. The average Bonchev–Trinajstić information content (AvgIpc) is 3.34. The van der Waals surface area contributed by atoms with Crippen LogP contribution in [0.1, 0.15) is 18.4 Å². The van der Waals surface area contributed by atoms with Crippen LogP contribution in [0.2, 0.25) is 0 Å². The number of anilines is 1. The lowest BCUT2D eigenvalue weighted by Crippen LogP contribution is -2.34. The molecule has 0 atom stereocenters. The number of amides is 2. The highest BCUT2D eigenvalue weighted by Gasteiger charge is 2.43. The Bertz CT molecular complexity index is 1020. The zero-order valence-electron chi connectivity index (χ0n) is 15.8. The van der Waals surface area contributed by atoms with Crippen LogP contribution in [0.4, 0.5) is 11.4 Å². The number of hydrogen-bond acceptors (Lipinski definition) is 6. The van der Waals surface area contributed by atoms with E-state index in [-0.39, 0.29) is 11.3 Å². The van der Waals surface area contributed by atoms with Crippen molar-refractivity contribution >= 4 is 28.8 Å². The second kappa shape index (κ2) is 7.38. The Morgan fingerprint density at radius 2 is 1.62 bits per heavy atom. The fourth-order valence-electron chi connectivity index (χ4n) is 3.80. The number of nitro groups is 1. The first-order valence-corrected chi connectivity index (χ1v) is 9.28. The van der Waals surface area contributed by atoms with Gasteiger partial charge in [-0.15, -0.1) is 0 Å². The van der Waals surface area contributed by atoms with E-state index in [1.54, 1.807) is 24.3 Å². The van der Waals surface area contributed by atoms with Crippen LogP contribution >= 0.6 is 0 Å². The number of methoxy groups -OCH3 is 1. The highest BCUT2D eigenvalue weighted by atomic mass is 16.6. The van der Waals surface area contributed by atoms with Crippen LogP contribution in [0.5, 0.6) is 5.75 Å². The van der Waals surface area contributed by atoms with Crippen molar-refractivity contribution in [3.05, 3.63) is 69.9 Å². The molecular formula is C21H19N3O5. The molecule has 4 rings (SSSR count). The number of rotatable bonds is 5. The van der Waals surface area contributed by atoms with Gasteiger partial charge in [-0.05, 0) is 42.7 Å². The molecule has 0 aliphatic carbocycles. The predicted octanol–water partition coefficient (Wildman–Crippen LogP) is 2.98. The Balaban J connectivity index is 1.83. The third-order valence-corrected chi connectivity index (χ3v) is 5.17. The minimum atomic E-state index is -0.498. The number of likely N-dealkylation sites (tertiary alicyclic amines) is 1. The number of benzene rings is 2. The first kappa shape index (κ1) is 18.7. The number of carbonyl (C=O) groups excluding carboxylic acids is 2. The fourth-order valence-corrected chi connectivity index (χ4v) is 3.80. The summed E-state index contributed by atoms with van der Waals surface area (Å²) in [6, 6.07) is 12.6. The van der Waals surface area contributed by atoms with Crippen LogP contribution in [0.15, 0.2) is 54.2 Å². The van der Waals surface area contributed by atoms with E-state index in [1.165, 1.54) is 31.4 Å². The van der Waals surface area contributed by atoms with Crippen molar-refractivity contribution in [2.45, 2.75) is 12.8 Å². The van der Waals surface area contributed by atoms with Gasteiger partial charge in [0.25, 0.3) is 17.5 Å². The first-order valence-electron chi connectivity index (χ1n) is 9.28. The largest absolute Gasteiger partial charge is 0.495 e. The van der Waals surface area contributed by atoms with Gasteiger partial charge < -0.3 is 9.64 Å². The molecule has 2 aliphatic rings. The molecule has 1 fully saturated rings. The molecule has 8 nitrogen and oxygen atoms in total. The van der Waals surface area contributed by atoms with E-state index in [0.717, 1.165) is 17.7 Å². The van der Waals surface area contributed by atoms with E-state index >= 15 is 0 Å². The number of nitro benzene ring substituents is 1. The zero-order chi connectivity index (χ0) is 20.5. The third-order valence-electron chi connectivity index (χ3n) is 5.17. The summed E-state index contributed by atoms with van der Waals surface area (Å²) in [5.41, 5.74) is 1.38. The van der Waals surface area contributed by atoms with E-state index in [1.807, 2.05) is 4.90 Å². The standard InChI is InChI=1S/C21H19N3O5/c1-29-17-7-3-2-6-16(17)23-20(25)18(14-8-10-15(11-9-14)24(27)28)19(21(23)26)22-12-4-5-13-22/h2-3,6-11H,4-5,12-13H2,1H3. The molecule has 0 unspecified atom stereocenters. The van der Waals surface area contributed by atoms with E-state index in [2.05, 4.69) is 0 Å². The minimum absolute atomic E-state index is 0.0737. The molecule has 0 aromatic heterocycles. The van der Waals surface area contributed by atoms with Gasteiger partial charge in [0, 0.05) is 25.2 Å². The predicted molar refractivity (Wildman–Crippen MR) is 106 cm³/mol. The molecule has 2 aromatic rings. The monoisotopic (exact) mass is 393 g/mol. The van der Waals surface area contributed by atoms with E-state index in [0.29, 0.717) is 35.8 Å². The summed E-state index contributed by atoms with van der Waals surface area (Å²) in [7, 11) is 1.48. The highest BCUT2D eigenvalue weighted by Crippen LogP contribution is 2.39. The van der Waals surface area contributed by atoms with Crippen LogP contribution in [0, 0.1) is 10.1 Å². The van der Waals surface area contributed by atoms with Gasteiger partial charge in [-0.25, -0.2) is 4.90 Å². The topological polar surface area (TPSA) is 93.0 Å². The van der Waals surface area contributed by atoms with Crippen LogP contribution in [-0.2, 0) is 9.59 Å². The average molecular weight is 393 g/mol. The van der Waals surface area contributed by atoms with Gasteiger partial charge in [-0.3, -0.25) is 19.7 Å². The lowest BCUT2D eigenvalue weighted by Gasteiger charge is -2.21. The number of nitrogens with zero attached hydrogens (tertiary/aromatic N) is 3. The molecule has 2 heterocycles. The second-order valence-electron chi connectivity index (χ2n) is 6.84. The summed E-state index contributed by atoms with van der Waals surface area (Å²) in [5.74, 6) is -0.454. The molecule has 29 heavy (non-hydrogen) atoms. The van der Waals surface area contributed by atoms with Crippen molar-refractivity contribution < 1.29 is 19.2 Å². The summed E-state index contributed by atoms with van der Waals surface area (Å²) in [5, 5.41) is 11.0. The van der Waals surface area contributed by atoms with Crippen molar-refractivity contribution in [1.29, 1.82) is 0 Å². The van der Waals surface area contributed by atoms with Gasteiger partial charge in [-0.1, -0.05) is 12.1 Å². The molecule has 0 saturated carbocycles. The van der Waals surface area contributed by atoms with Gasteiger partial charge >= 0.3 is 0 Å². The quantitative estimate of drug-likeness (QED) is 0.440. The molecule has 148 valence electrons. The SMILES string of the molecule is COc1ccccc1N1C(=O)C(c2ccc([N+](=O)[O-])cc2)=C(N2CCCC2)C1=O. The summed E-state index contributed by atoms with van der Waals surface area (Å²) in [6.45, 7) is 1.37. The second-order valence-corrected chi connectivity index (χ2v) is 6.84. The normalized spacial score (nSPS) is 16.7. The molecule has 2 amide bonds. The molecule has 1 saturated heterocycles. The number of hydrogen-bond donors (Lipinski definition) is 0. The smallest absolute Gasteiger partial charge is 0.282 e. The maximum Gasteiger partial charge on any atom is 0.282 e. The maximum atomic E-state index is 13.4. The number of para-hydroxylation sites is 2. The summed E-state index contributed by atoms with van der Waals surface area (Å²) in [6.07, 6.45) is 1.88. The van der Waals surface area contributed by atoms with Crippen LogP contribution in [-0.4, -0.2) is 41.8 Å². The number of carbonyl (C=O) groups is 2. The fraction of sp³-hybridized carbons (Fsp3) is 0.238. The van der Waals surface area contributed by atoms with Gasteiger partial charge in [0.15, 0.2) is 0 Å². The van der Waals surface area contributed by atoms with Crippen LogP contribution in [0.25, 0.3) is 5.57 Å². The van der Waals surface area contributed by atoms with Gasteiger partial charge in [-0.2, -0.15) is 0 Å².